The number of fused-ring (bicyclic) bond motifs is 1. The fraction of sp³-hybridized carbons (Fsp3) is 0.407. The summed E-state index contributed by atoms with van der Waals surface area (Å²) >= 11 is 0. The minimum atomic E-state index is -3.73. The molecule has 0 bridgehead atoms. The van der Waals surface area contributed by atoms with Crippen molar-refractivity contribution in [3.63, 3.8) is 0 Å². The van der Waals surface area contributed by atoms with E-state index in [1.54, 1.807) is 45.3 Å². The summed E-state index contributed by atoms with van der Waals surface area (Å²) in [5.41, 5.74) is 3.84. The van der Waals surface area contributed by atoms with Gasteiger partial charge >= 0.3 is 0 Å². The molecule has 1 aliphatic heterocycles. The fourth-order valence-electron chi connectivity index (χ4n) is 5.14. The molecule has 0 N–H and O–H groups in total. The lowest BCUT2D eigenvalue weighted by Gasteiger charge is -2.28. The first kappa shape index (κ1) is 26.3. The van der Waals surface area contributed by atoms with Gasteiger partial charge in [0.05, 0.1) is 30.2 Å². The van der Waals surface area contributed by atoms with Crippen molar-refractivity contribution in [1.82, 2.24) is 23.9 Å². The number of ether oxygens (including phenoxy) is 1. The highest BCUT2D eigenvalue weighted by Gasteiger charge is 2.37. The number of benzene rings is 2. The third-order valence-corrected chi connectivity index (χ3v) is 8.96. The molecular formula is C27H33FN6O3S. The van der Waals surface area contributed by atoms with Crippen LogP contribution in [-0.2, 0) is 21.3 Å². The van der Waals surface area contributed by atoms with Crippen LogP contribution in [0.5, 0.6) is 0 Å². The van der Waals surface area contributed by atoms with Crippen LogP contribution in [0.1, 0.15) is 25.3 Å². The number of sulfonamides is 1. The van der Waals surface area contributed by atoms with Gasteiger partial charge in [-0.05, 0) is 61.7 Å². The molecule has 2 aromatic heterocycles. The van der Waals surface area contributed by atoms with Crippen molar-refractivity contribution >= 4 is 26.6 Å². The maximum absolute atomic E-state index is 13.7. The number of hydrogen-bond acceptors (Lipinski definition) is 6. The smallest absolute Gasteiger partial charge is 0.246 e. The summed E-state index contributed by atoms with van der Waals surface area (Å²) in [5, 5.41) is 9.73. The first-order valence-corrected chi connectivity index (χ1v) is 14.3. The van der Waals surface area contributed by atoms with Crippen LogP contribution in [0.4, 0.5) is 10.1 Å². The highest BCUT2D eigenvalue weighted by atomic mass is 32.2. The maximum atomic E-state index is 13.7. The molecule has 9 nitrogen and oxygen atoms in total. The van der Waals surface area contributed by atoms with E-state index in [9.17, 15) is 12.8 Å². The van der Waals surface area contributed by atoms with E-state index in [4.69, 9.17) is 4.74 Å². The molecule has 0 aliphatic carbocycles. The van der Waals surface area contributed by atoms with E-state index in [-0.39, 0.29) is 23.3 Å². The summed E-state index contributed by atoms with van der Waals surface area (Å²) in [6.45, 7) is 6.64. The molecule has 11 heteroatoms. The first-order chi connectivity index (χ1) is 18.3. The Kier molecular flexibility index (Phi) is 7.51. The molecule has 202 valence electrons. The van der Waals surface area contributed by atoms with Gasteiger partial charge in [0.2, 0.25) is 10.0 Å². The average molecular weight is 541 g/mol. The Hall–Kier alpha value is -3.28. The lowest BCUT2D eigenvalue weighted by molar-refractivity contribution is 0.168. The van der Waals surface area contributed by atoms with E-state index in [1.165, 1.54) is 18.3 Å². The highest BCUT2D eigenvalue weighted by Crippen LogP contribution is 2.32. The van der Waals surface area contributed by atoms with E-state index < -0.39 is 10.0 Å². The lowest BCUT2D eigenvalue weighted by atomic mass is 10.1. The molecule has 1 fully saturated rings. The third kappa shape index (κ3) is 5.05. The van der Waals surface area contributed by atoms with E-state index in [2.05, 4.69) is 27.2 Å². The normalized spacial score (nSPS) is 16.2. The van der Waals surface area contributed by atoms with Gasteiger partial charge in [-0.25, -0.2) is 17.5 Å². The predicted molar refractivity (Wildman–Crippen MR) is 145 cm³/mol. The van der Waals surface area contributed by atoms with Gasteiger partial charge in [0, 0.05) is 56.6 Å². The Bertz CT molecular complexity index is 1520. The molecule has 0 saturated carbocycles. The number of halogens is 1. The number of aromatic nitrogens is 4. The van der Waals surface area contributed by atoms with Crippen molar-refractivity contribution in [2.45, 2.75) is 44.2 Å². The molecule has 5 rings (SSSR count). The SMILES string of the molecule is CCCn1cc(S(=O)(=O)N(CCOC)[C@@H]2CCN(c3cc4cnn(-c5ccc(F)cc5)c4cc3C)C2)cn1. The van der Waals surface area contributed by atoms with Crippen LogP contribution in [0.15, 0.2) is 59.9 Å². The van der Waals surface area contributed by atoms with Crippen LogP contribution in [-0.4, -0.2) is 71.7 Å². The summed E-state index contributed by atoms with van der Waals surface area (Å²) in [6, 6.07) is 10.2. The number of rotatable bonds is 10. The molecule has 2 aromatic carbocycles. The van der Waals surface area contributed by atoms with Crippen molar-refractivity contribution in [2.75, 3.05) is 38.3 Å². The van der Waals surface area contributed by atoms with Crippen LogP contribution in [0.25, 0.3) is 16.6 Å². The van der Waals surface area contributed by atoms with Gasteiger partial charge in [0.25, 0.3) is 0 Å². The first-order valence-electron chi connectivity index (χ1n) is 12.8. The van der Waals surface area contributed by atoms with Crippen molar-refractivity contribution in [2.24, 2.45) is 0 Å². The Morgan fingerprint density at radius 1 is 1.16 bits per heavy atom. The predicted octanol–water partition coefficient (Wildman–Crippen LogP) is 4.00. The van der Waals surface area contributed by atoms with Crippen LogP contribution in [0.3, 0.4) is 0 Å². The number of aryl methyl sites for hydroxylation is 2. The van der Waals surface area contributed by atoms with Crippen molar-refractivity contribution in [3.8, 4) is 5.69 Å². The largest absolute Gasteiger partial charge is 0.383 e. The van der Waals surface area contributed by atoms with Gasteiger partial charge in [-0.15, -0.1) is 0 Å². The van der Waals surface area contributed by atoms with E-state index in [1.807, 2.05) is 13.8 Å². The van der Waals surface area contributed by atoms with Crippen molar-refractivity contribution in [3.05, 3.63) is 66.4 Å². The summed E-state index contributed by atoms with van der Waals surface area (Å²) < 4.78 is 51.0. The summed E-state index contributed by atoms with van der Waals surface area (Å²) in [6.07, 6.45) is 6.44. The Labute approximate surface area is 222 Å². The van der Waals surface area contributed by atoms with Crippen LogP contribution >= 0.6 is 0 Å². The minimum Gasteiger partial charge on any atom is -0.383 e. The topological polar surface area (TPSA) is 85.5 Å². The standard InChI is InChI=1S/C27H33FN6O3S/c1-4-10-32-19-25(17-29-32)38(35,36)33(12-13-37-3)24-9-11-31(18-24)26-15-21-16-30-34(27(21)14-20(26)2)23-7-5-22(28)6-8-23/h5-8,14-17,19,24H,4,9-13,18H2,1-3H3/t24-/m1/s1. The second-order valence-electron chi connectivity index (χ2n) is 9.67. The monoisotopic (exact) mass is 540 g/mol. The van der Waals surface area contributed by atoms with Gasteiger partial charge < -0.3 is 9.64 Å². The lowest BCUT2D eigenvalue weighted by Crippen LogP contribution is -2.43. The quantitative estimate of drug-likeness (QED) is 0.302. The number of hydrogen-bond donors (Lipinski definition) is 0. The van der Waals surface area contributed by atoms with E-state index >= 15 is 0 Å². The summed E-state index contributed by atoms with van der Waals surface area (Å²) in [7, 11) is -2.15. The Balaban J connectivity index is 1.40. The molecule has 0 radical (unpaired) electrons. The number of nitrogens with zero attached hydrogens (tertiary/aromatic N) is 6. The zero-order chi connectivity index (χ0) is 26.9. The van der Waals surface area contributed by atoms with Crippen LogP contribution in [0.2, 0.25) is 0 Å². The zero-order valence-electron chi connectivity index (χ0n) is 21.9. The summed E-state index contributed by atoms with van der Waals surface area (Å²) in [5.74, 6) is -0.288. The molecule has 0 unspecified atom stereocenters. The van der Waals surface area contributed by atoms with Gasteiger partial charge in [0.1, 0.15) is 10.7 Å². The second kappa shape index (κ2) is 10.8. The van der Waals surface area contributed by atoms with Gasteiger partial charge in [-0.1, -0.05) is 6.92 Å². The van der Waals surface area contributed by atoms with E-state index in [0.29, 0.717) is 26.1 Å². The Morgan fingerprint density at radius 2 is 1.95 bits per heavy atom. The highest BCUT2D eigenvalue weighted by molar-refractivity contribution is 7.89. The van der Waals surface area contributed by atoms with Gasteiger partial charge in [0.15, 0.2) is 0 Å². The van der Waals surface area contributed by atoms with Crippen molar-refractivity contribution < 1.29 is 17.5 Å². The third-order valence-electron chi connectivity index (χ3n) is 7.05. The van der Waals surface area contributed by atoms with E-state index in [0.717, 1.165) is 40.8 Å². The molecule has 0 spiro atoms. The molecule has 1 atom stereocenters. The average Bonchev–Trinajstić information content (AvgIpc) is 3.65. The van der Waals surface area contributed by atoms with Crippen LogP contribution < -0.4 is 4.90 Å². The van der Waals surface area contributed by atoms with Gasteiger partial charge in [-0.2, -0.15) is 14.5 Å². The molecular weight excluding hydrogens is 507 g/mol. The zero-order valence-corrected chi connectivity index (χ0v) is 22.7. The molecule has 3 heterocycles. The maximum Gasteiger partial charge on any atom is 0.246 e. The fourth-order valence-corrected chi connectivity index (χ4v) is 6.72. The second-order valence-corrected chi connectivity index (χ2v) is 11.6. The molecule has 1 aliphatic rings. The number of anilines is 1. The summed E-state index contributed by atoms with van der Waals surface area (Å²) in [4.78, 5) is 2.45. The molecule has 1 saturated heterocycles. The van der Waals surface area contributed by atoms with Gasteiger partial charge in [-0.3, -0.25) is 4.68 Å². The Morgan fingerprint density at radius 3 is 2.68 bits per heavy atom. The molecule has 0 amide bonds. The van der Waals surface area contributed by atoms with Crippen molar-refractivity contribution in [1.29, 1.82) is 0 Å². The molecule has 38 heavy (non-hydrogen) atoms. The minimum absolute atomic E-state index is 0.193. The molecule has 4 aromatic rings. The number of methoxy groups -OCH3 is 1. The van der Waals surface area contributed by atoms with Crippen LogP contribution in [0, 0.1) is 12.7 Å².